The Morgan fingerprint density at radius 2 is 2.04 bits per heavy atom. The highest BCUT2D eigenvalue weighted by Crippen LogP contribution is 2.25. The predicted molar refractivity (Wildman–Crippen MR) is 97.7 cm³/mol. The van der Waals surface area contributed by atoms with Crippen LogP contribution in [0.4, 0.5) is 0 Å². The van der Waals surface area contributed by atoms with Crippen LogP contribution in [0.3, 0.4) is 0 Å². The number of rotatable bonds is 4. The Bertz CT molecular complexity index is 1010. The molecular weight excluding hydrogens is 330 g/mol. The maximum absolute atomic E-state index is 12.4. The van der Waals surface area contributed by atoms with E-state index in [9.17, 15) is 9.59 Å². The van der Waals surface area contributed by atoms with Crippen molar-refractivity contribution in [3.63, 3.8) is 0 Å². The number of amides is 1. The van der Waals surface area contributed by atoms with Gasteiger partial charge in [0.2, 0.25) is 5.91 Å². The van der Waals surface area contributed by atoms with Gasteiger partial charge in [-0.15, -0.1) is 5.10 Å². The first-order chi connectivity index (χ1) is 12.6. The maximum atomic E-state index is 12.4. The highest BCUT2D eigenvalue weighted by atomic mass is 16.2. The van der Waals surface area contributed by atoms with Gasteiger partial charge in [-0.1, -0.05) is 30.3 Å². The third kappa shape index (κ3) is 3.13. The van der Waals surface area contributed by atoms with Crippen LogP contribution in [-0.2, 0) is 17.9 Å². The molecule has 0 spiro atoms. The summed E-state index contributed by atoms with van der Waals surface area (Å²) in [6.45, 7) is 1.92. The molecule has 1 atom stereocenters. The average Bonchev–Trinajstić information content (AvgIpc) is 2.96. The van der Waals surface area contributed by atoms with Crippen LogP contribution in [0.1, 0.15) is 23.6 Å². The molecule has 0 saturated heterocycles. The molecule has 0 radical (unpaired) electrons. The molecule has 4 rings (SSSR count). The largest absolute Gasteiger partial charge is 0.350 e. The summed E-state index contributed by atoms with van der Waals surface area (Å²) in [6.07, 6.45) is 1.89. The Morgan fingerprint density at radius 3 is 2.88 bits per heavy atom. The Labute approximate surface area is 150 Å². The van der Waals surface area contributed by atoms with Gasteiger partial charge in [0.25, 0.3) is 0 Å². The normalized spacial score (nSPS) is 17.2. The molecule has 0 aliphatic carbocycles. The molecule has 1 aliphatic heterocycles. The van der Waals surface area contributed by atoms with Gasteiger partial charge in [-0.05, 0) is 30.3 Å². The molecule has 134 valence electrons. The van der Waals surface area contributed by atoms with Crippen molar-refractivity contribution in [1.82, 2.24) is 24.4 Å². The van der Waals surface area contributed by atoms with Crippen LogP contribution in [0, 0.1) is 0 Å². The SMILES string of the molecule is CN1Cc2ccccc2C(NC(=O)CCn2nc3ccccn3c2=O)C1. The zero-order chi connectivity index (χ0) is 18.1. The van der Waals surface area contributed by atoms with Crippen LogP contribution in [0.15, 0.2) is 53.5 Å². The molecule has 26 heavy (non-hydrogen) atoms. The Hall–Kier alpha value is -2.93. The Balaban J connectivity index is 1.44. The van der Waals surface area contributed by atoms with Crippen molar-refractivity contribution in [1.29, 1.82) is 0 Å². The number of aromatic nitrogens is 3. The van der Waals surface area contributed by atoms with Crippen LogP contribution < -0.4 is 11.0 Å². The van der Waals surface area contributed by atoms with E-state index in [1.807, 2.05) is 25.2 Å². The minimum absolute atomic E-state index is 0.0322. The first-order valence-corrected chi connectivity index (χ1v) is 8.72. The topological polar surface area (TPSA) is 71.6 Å². The summed E-state index contributed by atoms with van der Waals surface area (Å²) in [6, 6.07) is 13.5. The van der Waals surface area contributed by atoms with E-state index in [1.165, 1.54) is 20.2 Å². The van der Waals surface area contributed by atoms with Gasteiger partial charge in [0.15, 0.2) is 5.65 Å². The zero-order valence-electron chi connectivity index (χ0n) is 14.6. The average molecular weight is 351 g/mol. The molecule has 0 bridgehead atoms. The summed E-state index contributed by atoms with van der Waals surface area (Å²) in [5.41, 5.74) is 2.77. The lowest BCUT2D eigenvalue weighted by molar-refractivity contribution is -0.122. The van der Waals surface area contributed by atoms with Gasteiger partial charge in [-0.3, -0.25) is 14.1 Å². The van der Waals surface area contributed by atoms with Crippen LogP contribution in [-0.4, -0.2) is 38.6 Å². The number of aryl methyl sites for hydroxylation is 1. The number of likely N-dealkylation sites (N-methyl/N-ethyl adjacent to an activating group) is 1. The fraction of sp³-hybridized carbons (Fsp3) is 0.316. The number of carbonyl (C=O) groups is 1. The number of hydrogen-bond donors (Lipinski definition) is 1. The fourth-order valence-electron chi connectivity index (χ4n) is 3.49. The summed E-state index contributed by atoms with van der Waals surface area (Å²) >= 11 is 0. The number of pyridine rings is 1. The van der Waals surface area contributed by atoms with Crippen molar-refractivity contribution in [2.75, 3.05) is 13.6 Å². The number of fused-ring (bicyclic) bond motifs is 2. The van der Waals surface area contributed by atoms with Gasteiger partial charge in [0.05, 0.1) is 12.6 Å². The minimum Gasteiger partial charge on any atom is -0.348 e. The molecule has 1 aliphatic rings. The monoisotopic (exact) mass is 351 g/mol. The van der Waals surface area contributed by atoms with Crippen LogP contribution >= 0.6 is 0 Å². The minimum atomic E-state index is -0.226. The standard InChI is InChI=1S/C19H21N5O2/c1-22-12-14-6-2-3-7-15(14)16(13-22)20-18(25)9-11-24-19(26)23-10-5-4-8-17(23)21-24/h2-8,10,16H,9,11-13H2,1H3,(H,20,25). The Morgan fingerprint density at radius 1 is 1.23 bits per heavy atom. The second-order valence-corrected chi connectivity index (χ2v) is 6.70. The number of carbonyl (C=O) groups excluding carboxylic acids is 1. The molecule has 7 heteroatoms. The summed E-state index contributed by atoms with van der Waals surface area (Å²) in [4.78, 5) is 26.9. The first-order valence-electron chi connectivity index (χ1n) is 8.72. The lowest BCUT2D eigenvalue weighted by Gasteiger charge is -2.32. The third-order valence-electron chi connectivity index (χ3n) is 4.74. The van der Waals surface area contributed by atoms with Crippen LogP contribution in [0.2, 0.25) is 0 Å². The summed E-state index contributed by atoms with van der Waals surface area (Å²) in [5.74, 6) is -0.0796. The van der Waals surface area contributed by atoms with Gasteiger partial charge in [0.1, 0.15) is 0 Å². The molecule has 1 N–H and O–H groups in total. The highest BCUT2D eigenvalue weighted by molar-refractivity contribution is 5.76. The molecule has 0 saturated carbocycles. The lowest BCUT2D eigenvalue weighted by Crippen LogP contribution is -2.40. The van der Waals surface area contributed by atoms with Crippen LogP contribution in [0.5, 0.6) is 0 Å². The van der Waals surface area contributed by atoms with E-state index in [-0.39, 0.29) is 30.6 Å². The highest BCUT2D eigenvalue weighted by Gasteiger charge is 2.24. The lowest BCUT2D eigenvalue weighted by atomic mass is 9.95. The van der Waals surface area contributed by atoms with E-state index in [0.717, 1.165) is 13.1 Å². The van der Waals surface area contributed by atoms with Gasteiger partial charge < -0.3 is 5.32 Å². The molecule has 1 unspecified atom stereocenters. The number of nitrogens with one attached hydrogen (secondary N) is 1. The van der Waals surface area contributed by atoms with Crippen molar-refractivity contribution in [2.45, 2.75) is 25.6 Å². The number of hydrogen-bond acceptors (Lipinski definition) is 4. The van der Waals surface area contributed by atoms with E-state index in [2.05, 4.69) is 27.4 Å². The molecule has 1 aromatic carbocycles. The second-order valence-electron chi connectivity index (χ2n) is 6.70. The molecule has 7 nitrogen and oxygen atoms in total. The quantitative estimate of drug-likeness (QED) is 0.766. The van der Waals surface area contributed by atoms with Crippen molar-refractivity contribution >= 4 is 11.6 Å². The zero-order valence-corrected chi connectivity index (χ0v) is 14.6. The van der Waals surface area contributed by atoms with Gasteiger partial charge in [-0.2, -0.15) is 0 Å². The van der Waals surface area contributed by atoms with Crippen molar-refractivity contribution in [3.8, 4) is 0 Å². The third-order valence-corrected chi connectivity index (χ3v) is 4.74. The Kier molecular flexibility index (Phi) is 4.30. The predicted octanol–water partition coefficient (Wildman–Crippen LogP) is 1.19. The van der Waals surface area contributed by atoms with E-state index < -0.39 is 0 Å². The molecule has 1 amide bonds. The van der Waals surface area contributed by atoms with Gasteiger partial charge in [0, 0.05) is 25.7 Å². The summed E-state index contributed by atoms with van der Waals surface area (Å²) < 4.78 is 2.82. The van der Waals surface area contributed by atoms with Crippen molar-refractivity contribution in [2.24, 2.45) is 0 Å². The maximum Gasteiger partial charge on any atom is 0.350 e. The fourth-order valence-corrected chi connectivity index (χ4v) is 3.49. The summed E-state index contributed by atoms with van der Waals surface area (Å²) in [5, 5.41) is 7.36. The second kappa shape index (κ2) is 6.76. The van der Waals surface area contributed by atoms with E-state index in [1.54, 1.807) is 18.3 Å². The smallest absolute Gasteiger partial charge is 0.348 e. The van der Waals surface area contributed by atoms with E-state index >= 15 is 0 Å². The van der Waals surface area contributed by atoms with Crippen molar-refractivity contribution in [3.05, 3.63) is 70.3 Å². The van der Waals surface area contributed by atoms with Gasteiger partial charge in [-0.25, -0.2) is 9.48 Å². The summed E-state index contributed by atoms with van der Waals surface area (Å²) in [7, 11) is 2.05. The van der Waals surface area contributed by atoms with E-state index in [0.29, 0.717) is 5.65 Å². The molecule has 3 aromatic rings. The van der Waals surface area contributed by atoms with Crippen LogP contribution in [0.25, 0.3) is 5.65 Å². The first kappa shape index (κ1) is 16.5. The van der Waals surface area contributed by atoms with Crippen molar-refractivity contribution < 1.29 is 4.79 Å². The number of benzene rings is 1. The molecule has 2 aromatic heterocycles. The van der Waals surface area contributed by atoms with E-state index in [4.69, 9.17) is 0 Å². The molecular formula is C19H21N5O2. The number of nitrogens with zero attached hydrogens (tertiary/aromatic N) is 4. The van der Waals surface area contributed by atoms with Gasteiger partial charge >= 0.3 is 5.69 Å². The molecule has 0 fully saturated rings. The molecule has 3 heterocycles.